The van der Waals surface area contributed by atoms with Crippen molar-refractivity contribution >= 4 is 23.1 Å². The van der Waals surface area contributed by atoms with Gasteiger partial charge in [0.2, 0.25) is 0 Å². The van der Waals surface area contributed by atoms with Crippen molar-refractivity contribution in [2.75, 3.05) is 36.9 Å². The Labute approximate surface area is 170 Å². The Morgan fingerprint density at radius 2 is 1.89 bits per heavy atom. The Balaban J connectivity index is 1.47. The molecule has 1 saturated heterocycles. The van der Waals surface area contributed by atoms with E-state index in [2.05, 4.69) is 34.1 Å². The highest BCUT2D eigenvalue weighted by molar-refractivity contribution is 7.99. The molecule has 4 rings (SSSR count). The molecule has 28 heavy (non-hydrogen) atoms. The summed E-state index contributed by atoms with van der Waals surface area (Å²) in [4.78, 5) is 12.8. The van der Waals surface area contributed by atoms with E-state index >= 15 is 0 Å². The molecular weight excluding hydrogens is 368 g/mol. The zero-order valence-electron chi connectivity index (χ0n) is 16.0. The van der Waals surface area contributed by atoms with Crippen LogP contribution in [0.25, 0.3) is 0 Å². The first kappa shape index (κ1) is 18.8. The lowest BCUT2D eigenvalue weighted by Gasteiger charge is -2.28. The molecule has 0 bridgehead atoms. The Morgan fingerprint density at radius 3 is 2.64 bits per heavy atom. The lowest BCUT2D eigenvalue weighted by atomic mass is 10.1. The summed E-state index contributed by atoms with van der Waals surface area (Å²) in [5, 5.41) is 0.973. The number of benzene rings is 2. The van der Waals surface area contributed by atoms with Crippen LogP contribution in [0.5, 0.6) is 0 Å². The van der Waals surface area contributed by atoms with E-state index in [9.17, 15) is 0 Å². The van der Waals surface area contributed by atoms with Crippen molar-refractivity contribution in [1.82, 2.24) is 9.97 Å². The minimum atomic E-state index is 0.716. The Hall–Kier alpha value is -2.57. The number of ether oxygens (including phenoxy) is 1. The monoisotopic (exact) mass is 392 g/mol. The van der Waals surface area contributed by atoms with Crippen LogP contribution in [0.2, 0.25) is 0 Å². The van der Waals surface area contributed by atoms with E-state index in [-0.39, 0.29) is 0 Å². The van der Waals surface area contributed by atoms with E-state index in [1.165, 1.54) is 11.3 Å². The Morgan fingerprint density at radius 1 is 1.11 bits per heavy atom. The van der Waals surface area contributed by atoms with E-state index in [0.717, 1.165) is 53.3 Å². The second kappa shape index (κ2) is 8.63. The van der Waals surface area contributed by atoms with Crippen LogP contribution in [-0.2, 0) is 11.2 Å². The van der Waals surface area contributed by atoms with Crippen LogP contribution in [0.15, 0.2) is 64.6 Å². The molecule has 0 atom stereocenters. The SMILES string of the molecule is Cc1cnc(Cc2ccc(N3CCOCC3)cc2)nc1Sc1cccc(N)c1. The zero-order chi connectivity index (χ0) is 19.3. The molecule has 144 valence electrons. The maximum Gasteiger partial charge on any atom is 0.133 e. The molecule has 3 aromatic rings. The molecule has 0 amide bonds. The molecule has 1 aromatic heterocycles. The van der Waals surface area contributed by atoms with Crippen molar-refractivity contribution in [1.29, 1.82) is 0 Å². The third kappa shape index (κ3) is 4.64. The van der Waals surface area contributed by atoms with Crippen LogP contribution < -0.4 is 10.6 Å². The topological polar surface area (TPSA) is 64.3 Å². The van der Waals surface area contributed by atoms with E-state index in [1.54, 1.807) is 11.8 Å². The molecule has 0 unspecified atom stereocenters. The number of aromatic nitrogens is 2. The van der Waals surface area contributed by atoms with Crippen LogP contribution in [0.1, 0.15) is 17.0 Å². The molecule has 1 aliphatic rings. The van der Waals surface area contributed by atoms with Gasteiger partial charge in [0.05, 0.1) is 13.2 Å². The van der Waals surface area contributed by atoms with Crippen molar-refractivity contribution in [3.05, 3.63) is 71.7 Å². The smallest absolute Gasteiger partial charge is 0.133 e. The number of aryl methyl sites for hydroxylation is 1. The van der Waals surface area contributed by atoms with E-state index in [0.29, 0.717) is 6.42 Å². The summed E-state index contributed by atoms with van der Waals surface area (Å²) < 4.78 is 5.43. The largest absolute Gasteiger partial charge is 0.399 e. The summed E-state index contributed by atoms with van der Waals surface area (Å²) in [5.74, 6) is 0.830. The minimum Gasteiger partial charge on any atom is -0.399 e. The summed E-state index contributed by atoms with van der Waals surface area (Å²) in [6.45, 7) is 5.53. The first-order chi connectivity index (χ1) is 13.7. The Bertz CT molecular complexity index is 940. The fraction of sp³-hybridized carbons (Fsp3) is 0.273. The zero-order valence-corrected chi connectivity index (χ0v) is 16.8. The molecule has 0 radical (unpaired) electrons. The molecule has 2 heterocycles. The molecule has 1 fully saturated rings. The highest BCUT2D eigenvalue weighted by atomic mass is 32.2. The quantitative estimate of drug-likeness (QED) is 0.524. The van der Waals surface area contributed by atoms with Gasteiger partial charge in [-0.1, -0.05) is 30.0 Å². The summed E-state index contributed by atoms with van der Waals surface area (Å²) in [6.07, 6.45) is 2.62. The van der Waals surface area contributed by atoms with Crippen LogP contribution in [0, 0.1) is 6.92 Å². The van der Waals surface area contributed by atoms with Gasteiger partial charge in [-0.15, -0.1) is 0 Å². The summed E-state index contributed by atoms with van der Waals surface area (Å²) in [7, 11) is 0. The van der Waals surface area contributed by atoms with Crippen molar-refractivity contribution in [3.63, 3.8) is 0 Å². The van der Waals surface area contributed by atoms with Gasteiger partial charge in [0.1, 0.15) is 10.9 Å². The van der Waals surface area contributed by atoms with Crippen molar-refractivity contribution < 1.29 is 4.74 Å². The van der Waals surface area contributed by atoms with Crippen LogP contribution in [0.3, 0.4) is 0 Å². The van der Waals surface area contributed by atoms with Crippen LogP contribution >= 0.6 is 11.8 Å². The molecule has 5 nitrogen and oxygen atoms in total. The van der Waals surface area contributed by atoms with Crippen molar-refractivity contribution in [3.8, 4) is 0 Å². The predicted molar refractivity (Wildman–Crippen MR) is 114 cm³/mol. The lowest BCUT2D eigenvalue weighted by molar-refractivity contribution is 0.122. The van der Waals surface area contributed by atoms with Gasteiger partial charge in [-0.3, -0.25) is 0 Å². The van der Waals surface area contributed by atoms with Gasteiger partial charge in [-0.2, -0.15) is 0 Å². The molecule has 0 spiro atoms. The average Bonchev–Trinajstić information content (AvgIpc) is 2.72. The molecule has 2 aromatic carbocycles. The molecule has 6 heteroatoms. The Kier molecular flexibility index (Phi) is 5.78. The van der Waals surface area contributed by atoms with Gasteiger partial charge in [0.15, 0.2) is 0 Å². The second-order valence-electron chi connectivity index (χ2n) is 6.89. The van der Waals surface area contributed by atoms with E-state index < -0.39 is 0 Å². The number of hydrogen-bond acceptors (Lipinski definition) is 6. The molecule has 1 aliphatic heterocycles. The minimum absolute atomic E-state index is 0.716. The first-order valence-corrected chi connectivity index (χ1v) is 10.3. The van der Waals surface area contributed by atoms with E-state index in [1.807, 2.05) is 37.4 Å². The van der Waals surface area contributed by atoms with Gasteiger partial charge in [-0.05, 0) is 48.4 Å². The van der Waals surface area contributed by atoms with E-state index in [4.69, 9.17) is 15.5 Å². The molecule has 2 N–H and O–H groups in total. The average molecular weight is 393 g/mol. The number of rotatable bonds is 5. The molecular formula is C22H24N4OS. The normalized spacial score (nSPS) is 14.2. The van der Waals surface area contributed by atoms with Crippen LogP contribution in [-0.4, -0.2) is 36.3 Å². The number of nitrogens with zero attached hydrogens (tertiary/aromatic N) is 3. The van der Waals surface area contributed by atoms with Gasteiger partial charge in [0.25, 0.3) is 0 Å². The van der Waals surface area contributed by atoms with Gasteiger partial charge >= 0.3 is 0 Å². The molecule has 0 saturated carbocycles. The second-order valence-corrected chi connectivity index (χ2v) is 7.95. The number of nitrogen functional groups attached to an aromatic ring is 1. The first-order valence-electron chi connectivity index (χ1n) is 9.45. The maximum atomic E-state index is 5.89. The highest BCUT2D eigenvalue weighted by Gasteiger charge is 2.11. The van der Waals surface area contributed by atoms with Gasteiger partial charge in [-0.25, -0.2) is 9.97 Å². The standard InChI is InChI=1S/C22H24N4OS/c1-16-15-24-21(25-22(16)28-20-4-2-3-18(23)14-20)13-17-5-7-19(8-6-17)26-9-11-27-12-10-26/h2-8,14-15H,9-13,23H2,1H3. The third-order valence-electron chi connectivity index (χ3n) is 4.72. The fourth-order valence-corrected chi connectivity index (χ4v) is 4.10. The summed E-state index contributed by atoms with van der Waals surface area (Å²) in [6, 6.07) is 16.6. The molecule has 0 aliphatic carbocycles. The van der Waals surface area contributed by atoms with Crippen molar-refractivity contribution in [2.24, 2.45) is 0 Å². The number of anilines is 2. The highest BCUT2D eigenvalue weighted by Crippen LogP contribution is 2.29. The van der Waals surface area contributed by atoms with Gasteiger partial charge in [0, 0.05) is 42.0 Å². The summed E-state index contributed by atoms with van der Waals surface area (Å²) >= 11 is 1.62. The maximum absolute atomic E-state index is 5.89. The van der Waals surface area contributed by atoms with Crippen LogP contribution in [0.4, 0.5) is 11.4 Å². The fourth-order valence-electron chi connectivity index (χ4n) is 3.17. The lowest BCUT2D eigenvalue weighted by Crippen LogP contribution is -2.36. The number of nitrogens with two attached hydrogens (primary N) is 1. The van der Waals surface area contributed by atoms with Crippen molar-refractivity contribution in [2.45, 2.75) is 23.3 Å². The number of morpholine rings is 1. The van der Waals surface area contributed by atoms with Gasteiger partial charge < -0.3 is 15.4 Å². The third-order valence-corrected chi connectivity index (χ3v) is 5.82. The predicted octanol–water partition coefficient (Wildman–Crippen LogP) is 3.95. The number of hydrogen-bond donors (Lipinski definition) is 1. The summed E-state index contributed by atoms with van der Waals surface area (Å²) in [5.41, 5.74) is 10.2.